The number of sulfonamides is 1. The highest BCUT2D eigenvalue weighted by Crippen LogP contribution is 2.40. The van der Waals surface area contributed by atoms with Crippen molar-refractivity contribution in [3.05, 3.63) is 59.8 Å². The zero-order valence-corrected chi connectivity index (χ0v) is 23.2. The Kier molecular flexibility index (Phi) is 8.68. The number of nitrogens with zero attached hydrogens (tertiary/aromatic N) is 3. The minimum absolute atomic E-state index is 0.0338. The van der Waals surface area contributed by atoms with Crippen LogP contribution < -0.4 is 13.8 Å². The Morgan fingerprint density at radius 2 is 2.03 bits per heavy atom. The molecule has 0 saturated carbocycles. The molecular weight excluding hydrogens is 526 g/mol. The van der Waals surface area contributed by atoms with Crippen molar-refractivity contribution in [1.29, 1.82) is 0 Å². The van der Waals surface area contributed by atoms with E-state index >= 15 is 0 Å². The van der Waals surface area contributed by atoms with Gasteiger partial charge in [-0.3, -0.25) is 13.8 Å². The third-order valence-corrected chi connectivity index (χ3v) is 8.63. The van der Waals surface area contributed by atoms with E-state index in [1.807, 2.05) is 55.7 Å². The molecule has 9 nitrogen and oxygen atoms in total. The fourth-order valence-corrected chi connectivity index (χ4v) is 6.33. The van der Waals surface area contributed by atoms with Gasteiger partial charge in [0.1, 0.15) is 11.9 Å². The van der Waals surface area contributed by atoms with Crippen molar-refractivity contribution in [3.8, 4) is 11.6 Å². The lowest BCUT2D eigenvalue weighted by molar-refractivity contribution is -0.137. The molecule has 3 aromatic rings. The summed E-state index contributed by atoms with van der Waals surface area (Å²) in [5.41, 5.74) is 2.23. The van der Waals surface area contributed by atoms with Gasteiger partial charge in [0.15, 0.2) is 4.90 Å². The number of aromatic nitrogens is 2. The smallest absolute Gasteiger partial charge is 0.303 e. The summed E-state index contributed by atoms with van der Waals surface area (Å²) in [6.45, 7) is 4.33. The number of rotatable bonds is 11. The topological polar surface area (TPSA) is 111 Å². The third kappa shape index (κ3) is 5.99. The Labute approximate surface area is 227 Å². The molecule has 0 amide bonds. The second-order valence-corrected chi connectivity index (χ2v) is 11.3. The lowest BCUT2D eigenvalue weighted by atomic mass is 10.1. The van der Waals surface area contributed by atoms with Crippen LogP contribution in [-0.2, 0) is 21.4 Å². The van der Waals surface area contributed by atoms with Crippen LogP contribution in [0.4, 0.5) is 5.69 Å². The second kappa shape index (κ2) is 12.0. The lowest BCUT2D eigenvalue weighted by Crippen LogP contribution is -2.43. The second-order valence-electron chi connectivity index (χ2n) is 8.60. The lowest BCUT2D eigenvalue weighted by Gasteiger charge is -2.35. The minimum Gasteiger partial charge on any atom is -0.486 e. The number of aryl methyl sites for hydroxylation is 1. The van der Waals surface area contributed by atoms with Gasteiger partial charge in [-0.15, -0.1) is 16.9 Å². The van der Waals surface area contributed by atoms with Crippen molar-refractivity contribution >= 4 is 45.6 Å². The van der Waals surface area contributed by atoms with Gasteiger partial charge in [0.2, 0.25) is 0 Å². The molecule has 1 aliphatic rings. The van der Waals surface area contributed by atoms with Gasteiger partial charge in [-0.2, -0.15) is 0 Å². The largest absolute Gasteiger partial charge is 0.486 e. The van der Waals surface area contributed by atoms with E-state index in [1.54, 1.807) is 30.8 Å². The van der Waals surface area contributed by atoms with Crippen molar-refractivity contribution in [3.63, 3.8) is 0 Å². The number of ether oxygens (including phenoxy) is 2. The quantitative estimate of drug-likeness (QED) is 0.259. The predicted molar refractivity (Wildman–Crippen MR) is 148 cm³/mol. The number of thioether (sulfide) groups is 1. The van der Waals surface area contributed by atoms with Gasteiger partial charge in [-0.25, -0.2) is 8.42 Å². The van der Waals surface area contributed by atoms with E-state index in [0.717, 1.165) is 16.0 Å². The van der Waals surface area contributed by atoms with E-state index in [1.165, 1.54) is 15.2 Å². The molecule has 1 aliphatic heterocycles. The number of hydrogen-bond acceptors (Lipinski definition) is 7. The number of aliphatic carboxylic acids is 1. The number of carboxylic acids is 1. The molecule has 0 fully saturated rings. The Bertz CT molecular complexity index is 1430. The number of benzene rings is 2. The van der Waals surface area contributed by atoms with Crippen LogP contribution in [0.1, 0.15) is 37.8 Å². The molecule has 202 valence electrons. The summed E-state index contributed by atoms with van der Waals surface area (Å²) >= 11 is 1.65. The summed E-state index contributed by atoms with van der Waals surface area (Å²) in [5.74, 6) is -0.561. The molecule has 11 heteroatoms. The van der Waals surface area contributed by atoms with Crippen LogP contribution in [-0.4, -0.2) is 54.8 Å². The third-order valence-electron chi connectivity index (χ3n) is 6.06. The average Bonchev–Trinajstić information content (AvgIpc) is 3.34. The van der Waals surface area contributed by atoms with E-state index in [-0.39, 0.29) is 36.8 Å². The summed E-state index contributed by atoms with van der Waals surface area (Å²) in [6.07, 6.45) is 6.80. The van der Waals surface area contributed by atoms with Gasteiger partial charge in [0, 0.05) is 24.1 Å². The van der Waals surface area contributed by atoms with Crippen LogP contribution in [0.25, 0.3) is 12.2 Å². The Balaban J connectivity index is 1.76. The Hall–Kier alpha value is -3.44. The van der Waals surface area contributed by atoms with E-state index in [9.17, 15) is 18.3 Å². The summed E-state index contributed by atoms with van der Waals surface area (Å²) in [6, 6.07) is 13.4. The van der Waals surface area contributed by atoms with Gasteiger partial charge in [-0.1, -0.05) is 36.4 Å². The maximum absolute atomic E-state index is 14.0. The van der Waals surface area contributed by atoms with Crippen LogP contribution in [0.5, 0.6) is 11.6 Å². The summed E-state index contributed by atoms with van der Waals surface area (Å²) < 4.78 is 42.5. The van der Waals surface area contributed by atoms with Gasteiger partial charge in [-0.05, 0) is 55.9 Å². The number of carbonyl (C=O) groups is 1. The highest BCUT2D eigenvalue weighted by Gasteiger charge is 2.37. The van der Waals surface area contributed by atoms with Crippen LogP contribution >= 0.6 is 11.8 Å². The maximum Gasteiger partial charge on any atom is 0.303 e. The van der Waals surface area contributed by atoms with Gasteiger partial charge < -0.3 is 14.6 Å². The molecule has 0 radical (unpaired) electrons. The van der Waals surface area contributed by atoms with Crippen molar-refractivity contribution in [2.24, 2.45) is 0 Å². The van der Waals surface area contributed by atoms with E-state index in [0.29, 0.717) is 18.0 Å². The highest BCUT2D eigenvalue weighted by molar-refractivity contribution is 7.98. The first kappa shape index (κ1) is 27.6. The minimum atomic E-state index is -4.11. The van der Waals surface area contributed by atoms with Crippen molar-refractivity contribution < 1.29 is 27.8 Å². The van der Waals surface area contributed by atoms with Crippen LogP contribution in [0.3, 0.4) is 0 Å². The molecule has 0 aliphatic carbocycles. The normalized spacial score (nSPS) is 15.3. The molecule has 1 N–H and O–H groups in total. The van der Waals surface area contributed by atoms with Crippen molar-refractivity contribution in [2.45, 2.75) is 49.1 Å². The Morgan fingerprint density at radius 1 is 1.24 bits per heavy atom. The number of anilines is 1. The SMILES string of the molecule is CCOc1nn(CC)cc1S(=O)(=O)N1C[C@H](CCC(=O)O)Oc2ccc(/C=C/c3ccccc3SC)cc21. The van der Waals surface area contributed by atoms with Gasteiger partial charge in [0.05, 0.1) is 18.8 Å². The van der Waals surface area contributed by atoms with Crippen LogP contribution in [0.2, 0.25) is 0 Å². The average molecular weight is 558 g/mol. The molecule has 4 rings (SSSR count). The zero-order valence-electron chi connectivity index (χ0n) is 21.5. The maximum atomic E-state index is 14.0. The molecule has 2 heterocycles. The number of hydrogen-bond donors (Lipinski definition) is 1. The summed E-state index contributed by atoms with van der Waals surface area (Å²) in [4.78, 5) is 12.3. The summed E-state index contributed by atoms with van der Waals surface area (Å²) in [5, 5.41) is 13.4. The molecule has 1 aromatic heterocycles. The Morgan fingerprint density at radius 3 is 2.74 bits per heavy atom. The predicted octanol–water partition coefficient (Wildman–Crippen LogP) is 5.02. The standard InChI is InChI=1S/C27H31N3O6S2/c1-4-29-18-25(27(28-29)35-5-2)38(33,34)30-17-21(13-15-26(31)32)36-23-14-11-19(16-22(23)30)10-12-20-8-6-7-9-24(20)37-3/h6-12,14,16,18,21H,4-5,13,15,17H2,1-3H3,(H,31,32)/b12-10+/t21-/m0/s1. The fraction of sp³-hybridized carbons (Fsp3) is 0.333. The van der Waals surface area contributed by atoms with Crippen molar-refractivity contribution in [1.82, 2.24) is 9.78 Å². The van der Waals surface area contributed by atoms with Gasteiger partial charge in [0.25, 0.3) is 15.9 Å². The van der Waals surface area contributed by atoms with E-state index < -0.39 is 22.1 Å². The number of carboxylic acid groups (broad SMARTS) is 1. The first-order valence-corrected chi connectivity index (χ1v) is 15.0. The van der Waals surface area contributed by atoms with E-state index in [2.05, 4.69) is 5.10 Å². The van der Waals surface area contributed by atoms with Crippen LogP contribution in [0.15, 0.2) is 58.5 Å². The fourth-order valence-electron chi connectivity index (χ4n) is 4.16. The first-order chi connectivity index (χ1) is 18.3. The molecule has 0 spiro atoms. The summed E-state index contributed by atoms with van der Waals surface area (Å²) in [7, 11) is -4.11. The van der Waals surface area contributed by atoms with Crippen molar-refractivity contribution in [2.75, 3.05) is 23.7 Å². The monoisotopic (exact) mass is 557 g/mol. The molecule has 0 bridgehead atoms. The zero-order chi connectivity index (χ0) is 27.3. The molecular formula is C27H31N3O6S2. The first-order valence-electron chi connectivity index (χ1n) is 12.3. The molecule has 38 heavy (non-hydrogen) atoms. The molecule has 1 atom stereocenters. The van der Waals surface area contributed by atoms with Crippen LogP contribution in [0, 0.1) is 0 Å². The van der Waals surface area contributed by atoms with E-state index in [4.69, 9.17) is 9.47 Å². The number of fused-ring (bicyclic) bond motifs is 1. The van der Waals surface area contributed by atoms with Gasteiger partial charge >= 0.3 is 5.97 Å². The molecule has 0 saturated heterocycles. The molecule has 2 aromatic carbocycles. The highest BCUT2D eigenvalue weighted by atomic mass is 32.2. The molecule has 0 unspecified atom stereocenters.